The van der Waals surface area contributed by atoms with Gasteiger partial charge >= 0.3 is 0 Å². The summed E-state index contributed by atoms with van der Waals surface area (Å²) in [5.74, 6) is 0. The average molecular weight is 281 g/mol. The summed E-state index contributed by atoms with van der Waals surface area (Å²) in [6.45, 7) is 13.8. The lowest BCUT2D eigenvalue weighted by Crippen LogP contribution is -2.44. The van der Waals surface area contributed by atoms with Gasteiger partial charge in [-0.3, -0.25) is 4.79 Å². The summed E-state index contributed by atoms with van der Waals surface area (Å²) in [6, 6.07) is 0.151. The number of hydrogen-bond donors (Lipinski definition) is 0. The van der Waals surface area contributed by atoms with Crippen LogP contribution in [0.15, 0.2) is 23.9 Å². The smallest absolute Gasteiger partial charge is 0.214 e. The molecule has 1 heterocycles. The minimum Gasteiger partial charge on any atom is -0.415 e. The Bertz CT molecular complexity index is 380. The van der Waals surface area contributed by atoms with Crippen molar-refractivity contribution in [3.8, 4) is 0 Å². The van der Waals surface area contributed by atoms with Gasteiger partial charge in [0.1, 0.15) is 0 Å². The highest BCUT2D eigenvalue weighted by Crippen LogP contribution is 2.37. The van der Waals surface area contributed by atoms with Gasteiger partial charge in [0.2, 0.25) is 6.41 Å². The van der Waals surface area contributed by atoms with E-state index in [2.05, 4.69) is 39.9 Å². The molecular weight excluding hydrogens is 254 g/mol. The molecule has 19 heavy (non-hydrogen) atoms. The van der Waals surface area contributed by atoms with E-state index in [1.165, 1.54) is 5.57 Å². The maximum atomic E-state index is 11.1. The lowest BCUT2D eigenvalue weighted by atomic mass is 10.1. The number of nitrogens with zero attached hydrogens (tertiary/aromatic N) is 1. The molecule has 3 nitrogen and oxygen atoms in total. The predicted molar refractivity (Wildman–Crippen MR) is 82.4 cm³/mol. The molecule has 1 aliphatic rings. The first-order valence-electron chi connectivity index (χ1n) is 6.91. The van der Waals surface area contributed by atoms with E-state index in [1.54, 1.807) is 4.90 Å². The highest BCUT2D eigenvalue weighted by molar-refractivity contribution is 6.74. The average Bonchev–Trinajstić information content (AvgIpc) is 2.68. The van der Waals surface area contributed by atoms with E-state index in [-0.39, 0.29) is 11.1 Å². The van der Waals surface area contributed by atoms with Gasteiger partial charge in [-0.25, -0.2) is 0 Å². The number of amides is 1. The minimum absolute atomic E-state index is 0.151. The van der Waals surface area contributed by atoms with Gasteiger partial charge in [0.25, 0.3) is 0 Å². The zero-order valence-corrected chi connectivity index (χ0v) is 14.1. The first kappa shape index (κ1) is 16.2. The van der Waals surface area contributed by atoms with Gasteiger partial charge in [0.05, 0.1) is 12.6 Å². The summed E-state index contributed by atoms with van der Waals surface area (Å²) in [4.78, 5) is 12.8. The molecular formula is C15H27NO2Si. The molecule has 1 amide bonds. The Morgan fingerprint density at radius 3 is 2.58 bits per heavy atom. The molecule has 0 aliphatic carbocycles. The molecule has 1 aliphatic heterocycles. The molecule has 0 aromatic rings. The van der Waals surface area contributed by atoms with Crippen molar-refractivity contribution < 1.29 is 9.22 Å². The molecule has 0 saturated carbocycles. The molecule has 0 N–H and O–H groups in total. The Balaban J connectivity index is 2.62. The quantitative estimate of drug-likeness (QED) is 0.568. The van der Waals surface area contributed by atoms with Crippen molar-refractivity contribution in [2.24, 2.45) is 0 Å². The molecule has 4 heteroatoms. The van der Waals surface area contributed by atoms with E-state index in [9.17, 15) is 4.79 Å². The van der Waals surface area contributed by atoms with E-state index in [0.29, 0.717) is 6.61 Å². The number of carbonyl (C=O) groups is 1. The van der Waals surface area contributed by atoms with Crippen LogP contribution in [0.5, 0.6) is 0 Å². The monoisotopic (exact) mass is 281 g/mol. The molecule has 0 aromatic carbocycles. The standard InChI is InChI=1S/C15H27NO2Si/c1-7-8-13-9-14(16(10-13)12-17)11-18-19(5,6)15(2,3)4/h7-8,10,12,14H,9,11H2,1-6H3. The zero-order chi connectivity index (χ0) is 14.7. The first-order valence-corrected chi connectivity index (χ1v) is 9.82. The van der Waals surface area contributed by atoms with Gasteiger partial charge in [-0.15, -0.1) is 0 Å². The Kier molecular flexibility index (Phi) is 5.16. The van der Waals surface area contributed by atoms with Crippen LogP contribution < -0.4 is 0 Å². The van der Waals surface area contributed by atoms with Crippen LogP contribution in [0.25, 0.3) is 0 Å². The number of rotatable bonds is 5. The van der Waals surface area contributed by atoms with E-state index in [1.807, 2.05) is 19.2 Å². The van der Waals surface area contributed by atoms with Gasteiger partial charge in [0.15, 0.2) is 8.32 Å². The second-order valence-corrected chi connectivity index (χ2v) is 11.5. The Morgan fingerprint density at radius 1 is 1.47 bits per heavy atom. The van der Waals surface area contributed by atoms with Crippen LogP contribution in [0.4, 0.5) is 0 Å². The molecule has 0 aromatic heterocycles. The van der Waals surface area contributed by atoms with E-state index in [0.717, 1.165) is 12.8 Å². The lowest BCUT2D eigenvalue weighted by molar-refractivity contribution is -0.117. The third kappa shape index (κ3) is 4.04. The fourth-order valence-corrected chi connectivity index (χ4v) is 2.88. The molecule has 0 saturated heterocycles. The summed E-state index contributed by atoms with van der Waals surface area (Å²) < 4.78 is 6.22. The van der Waals surface area contributed by atoms with Crippen molar-refractivity contribution in [2.75, 3.05) is 6.61 Å². The number of allylic oxidation sites excluding steroid dienone is 2. The SMILES string of the molecule is CC=CC1=CN(C=O)C(CO[Si](C)(C)C(C)(C)C)C1. The van der Waals surface area contributed by atoms with Crippen LogP contribution in [0.3, 0.4) is 0 Å². The van der Waals surface area contributed by atoms with Gasteiger partial charge in [-0.05, 0) is 37.0 Å². The Labute approximate surface area is 118 Å². The molecule has 0 radical (unpaired) electrons. The van der Waals surface area contributed by atoms with Crippen LogP contribution in [0, 0.1) is 0 Å². The van der Waals surface area contributed by atoms with Gasteiger partial charge in [-0.1, -0.05) is 32.9 Å². The van der Waals surface area contributed by atoms with Crippen molar-refractivity contribution in [2.45, 2.75) is 58.3 Å². The van der Waals surface area contributed by atoms with E-state index in [4.69, 9.17) is 4.43 Å². The van der Waals surface area contributed by atoms with Crippen LogP contribution in [-0.2, 0) is 9.22 Å². The molecule has 1 unspecified atom stereocenters. The molecule has 0 spiro atoms. The maximum absolute atomic E-state index is 11.1. The minimum atomic E-state index is -1.74. The third-order valence-corrected chi connectivity index (χ3v) is 8.65. The molecule has 0 bridgehead atoms. The molecule has 108 valence electrons. The van der Waals surface area contributed by atoms with Crippen molar-refractivity contribution in [1.82, 2.24) is 4.90 Å². The second-order valence-electron chi connectivity index (χ2n) is 6.69. The topological polar surface area (TPSA) is 29.5 Å². The fourth-order valence-electron chi connectivity index (χ4n) is 1.83. The number of carbonyl (C=O) groups excluding carboxylic acids is 1. The summed E-state index contributed by atoms with van der Waals surface area (Å²) in [5, 5.41) is 0.206. The number of hydrogen-bond acceptors (Lipinski definition) is 2. The zero-order valence-electron chi connectivity index (χ0n) is 13.1. The lowest BCUT2D eigenvalue weighted by Gasteiger charge is -2.37. The van der Waals surface area contributed by atoms with Crippen LogP contribution in [0.2, 0.25) is 18.1 Å². The van der Waals surface area contributed by atoms with Crippen molar-refractivity contribution >= 4 is 14.7 Å². The van der Waals surface area contributed by atoms with E-state index >= 15 is 0 Å². The normalized spacial score (nSPS) is 21.1. The predicted octanol–water partition coefficient (Wildman–Crippen LogP) is 3.70. The molecule has 0 fully saturated rings. The van der Waals surface area contributed by atoms with Gasteiger partial charge in [-0.2, -0.15) is 0 Å². The Morgan fingerprint density at radius 2 is 2.11 bits per heavy atom. The highest BCUT2D eigenvalue weighted by atomic mass is 28.4. The summed E-state index contributed by atoms with van der Waals surface area (Å²) in [6.07, 6.45) is 7.77. The van der Waals surface area contributed by atoms with Crippen molar-refractivity contribution in [3.05, 3.63) is 23.9 Å². The molecule has 1 rings (SSSR count). The second kappa shape index (κ2) is 6.05. The van der Waals surface area contributed by atoms with Gasteiger partial charge in [0, 0.05) is 6.20 Å². The summed E-state index contributed by atoms with van der Waals surface area (Å²) in [7, 11) is -1.74. The summed E-state index contributed by atoms with van der Waals surface area (Å²) >= 11 is 0. The van der Waals surface area contributed by atoms with Crippen molar-refractivity contribution in [1.29, 1.82) is 0 Å². The van der Waals surface area contributed by atoms with Crippen molar-refractivity contribution in [3.63, 3.8) is 0 Å². The van der Waals surface area contributed by atoms with Crippen LogP contribution in [-0.4, -0.2) is 32.3 Å². The largest absolute Gasteiger partial charge is 0.415 e. The maximum Gasteiger partial charge on any atom is 0.214 e. The fraction of sp³-hybridized carbons (Fsp3) is 0.667. The highest BCUT2D eigenvalue weighted by Gasteiger charge is 2.38. The van der Waals surface area contributed by atoms with Gasteiger partial charge < -0.3 is 9.33 Å². The Hall–Kier alpha value is -0.873. The molecule has 1 atom stereocenters. The first-order chi connectivity index (χ1) is 8.71. The van der Waals surface area contributed by atoms with E-state index < -0.39 is 8.32 Å². The van der Waals surface area contributed by atoms with Crippen LogP contribution in [0.1, 0.15) is 34.1 Å². The van der Waals surface area contributed by atoms with Crippen LogP contribution >= 0.6 is 0 Å². The third-order valence-electron chi connectivity index (χ3n) is 4.15. The summed E-state index contributed by atoms with van der Waals surface area (Å²) in [5.41, 5.74) is 1.19.